The number of carbonyl (C=O) groups excluding carboxylic acids is 1. The number of carbonyl (C=O) groups is 3. The predicted octanol–water partition coefficient (Wildman–Crippen LogP) is 3.66. The van der Waals surface area contributed by atoms with Gasteiger partial charge in [-0.2, -0.15) is 0 Å². The summed E-state index contributed by atoms with van der Waals surface area (Å²) in [6.07, 6.45) is -0.516. The number of rotatable bonds is 9. The first-order valence-corrected chi connectivity index (χ1v) is 9.90. The standard InChI is InChI=1S/C25H23NO6/c1-32-20-14-12-19(13-15-20)25(24(30)31,26-23(29)18-10-6-3-7-11-18)21(16-22(27)28)17-8-4-2-5-9-17/h2-15,21H,16H2,1H3,(H,26,29)(H,27,28)(H,30,31). The van der Waals surface area contributed by atoms with E-state index in [1.807, 2.05) is 0 Å². The van der Waals surface area contributed by atoms with E-state index in [1.54, 1.807) is 72.8 Å². The molecule has 0 aliphatic rings. The van der Waals surface area contributed by atoms with Crippen LogP contribution in [-0.2, 0) is 15.1 Å². The number of ether oxygens (including phenoxy) is 1. The smallest absolute Gasteiger partial charge is 0.334 e. The molecule has 0 heterocycles. The van der Waals surface area contributed by atoms with Crippen molar-refractivity contribution in [1.29, 1.82) is 0 Å². The molecule has 3 aromatic carbocycles. The Balaban J connectivity index is 2.24. The first kappa shape index (κ1) is 22.6. The number of carboxylic acid groups (broad SMARTS) is 2. The number of benzene rings is 3. The minimum absolute atomic E-state index is 0.227. The second-order valence-electron chi connectivity index (χ2n) is 7.22. The quantitative estimate of drug-likeness (QED) is 0.475. The molecule has 0 aliphatic carbocycles. The van der Waals surface area contributed by atoms with Crippen molar-refractivity contribution < 1.29 is 29.3 Å². The van der Waals surface area contributed by atoms with Crippen LogP contribution in [0.1, 0.15) is 33.8 Å². The highest BCUT2D eigenvalue weighted by Crippen LogP contribution is 2.41. The monoisotopic (exact) mass is 433 g/mol. The van der Waals surface area contributed by atoms with E-state index in [4.69, 9.17) is 4.74 Å². The molecule has 0 fully saturated rings. The maximum Gasteiger partial charge on any atom is 0.334 e. The fraction of sp³-hybridized carbons (Fsp3) is 0.160. The number of methoxy groups -OCH3 is 1. The van der Waals surface area contributed by atoms with Gasteiger partial charge in [-0.05, 0) is 35.4 Å². The second-order valence-corrected chi connectivity index (χ2v) is 7.22. The molecule has 7 heteroatoms. The second kappa shape index (κ2) is 9.78. The molecule has 3 aromatic rings. The van der Waals surface area contributed by atoms with Crippen molar-refractivity contribution >= 4 is 17.8 Å². The molecule has 32 heavy (non-hydrogen) atoms. The lowest BCUT2D eigenvalue weighted by molar-refractivity contribution is -0.147. The van der Waals surface area contributed by atoms with E-state index >= 15 is 0 Å². The molecule has 3 N–H and O–H groups in total. The molecule has 0 aromatic heterocycles. The number of hydrogen-bond donors (Lipinski definition) is 3. The van der Waals surface area contributed by atoms with Crippen molar-refractivity contribution in [2.75, 3.05) is 7.11 Å². The van der Waals surface area contributed by atoms with Crippen LogP contribution in [0.25, 0.3) is 0 Å². The number of aliphatic carboxylic acids is 2. The Morgan fingerprint density at radius 1 is 0.875 bits per heavy atom. The van der Waals surface area contributed by atoms with Crippen LogP contribution in [0.5, 0.6) is 5.75 Å². The Morgan fingerprint density at radius 3 is 1.94 bits per heavy atom. The highest BCUT2D eigenvalue weighted by atomic mass is 16.5. The van der Waals surface area contributed by atoms with Gasteiger partial charge in [0.15, 0.2) is 5.54 Å². The molecular formula is C25H23NO6. The van der Waals surface area contributed by atoms with Crippen LogP contribution in [0.4, 0.5) is 0 Å². The summed E-state index contributed by atoms with van der Waals surface area (Å²) in [7, 11) is 1.48. The molecule has 1 amide bonds. The molecular weight excluding hydrogens is 410 g/mol. The van der Waals surface area contributed by atoms with Crippen LogP contribution < -0.4 is 10.1 Å². The predicted molar refractivity (Wildman–Crippen MR) is 118 cm³/mol. The highest BCUT2D eigenvalue weighted by molar-refractivity contribution is 5.99. The van der Waals surface area contributed by atoms with Gasteiger partial charge in [0.05, 0.1) is 13.5 Å². The number of carboxylic acids is 2. The molecule has 164 valence electrons. The van der Waals surface area contributed by atoms with E-state index in [1.165, 1.54) is 19.2 Å². The third-order valence-electron chi connectivity index (χ3n) is 5.33. The van der Waals surface area contributed by atoms with E-state index in [0.29, 0.717) is 11.3 Å². The zero-order valence-electron chi connectivity index (χ0n) is 17.4. The summed E-state index contributed by atoms with van der Waals surface area (Å²) in [6, 6.07) is 22.8. The lowest BCUT2D eigenvalue weighted by Crippen LogP contribution is -2.56. The summed E-state index contributed by atoms with van der Waals surface area (Å²) in [6.45, 7) is 0. The van der Waals surface area contributed by atoms with Gasteiger partial charge in [-0.3, -0.25) is 9.59 Å². The molecule has 0 radical (unpaired) electrons. The topological polar surface area (TPSA) is 113 Å². The molecule has 3 rings (SSSR count). The van der Waals surface area contributed by atoms with Crippen LogP contribution >= 0.6 is 0 Å². The van der Waals surface area contributed by atoms with Gasteiger partial charge < -0.3 is 20.3 Å². The third kappa shape index (κ3) is 4.62. The molecule has 0 bridgehead atoms. The molecule has 0 saturated carbocycles. The average molecular weight is 433 g/mol. The highest BCUT2D eigenvalue weighted by Gasteiger charge is 2.50. The summed E-state index contributed by atoms with van der Waals surface area (Å²) >= 11 is 0. The van der Waals surface area contributed by atoms with Crippen LogP contribution in [0.3, 0.4) is 0 Å². The van der Waals surface area contributed by atoms with E-state index in [9.17, 15) is 24.6 Å². The van der Waals surface area contributed by atoms with E-state index in [2.05, 4.69) is 5.32 Å². The van der Waals surface area contributed by atoms with Crippen LogP contribution in [0, 0.1) is 0 Å². The maximum absolute atomic E-state index is 13.1. The average Bonchev–Trinajstić information content (AvgIpc) is 2.82. The van der Waals surface area contributed by atoms with Gasteiger partial charge >= 0.3 is 11.9 Å². The van der Waals surface area contributed by atoms with Crippen molar-refractivity contribution in [2.45, 2.75) is 17.9 Å². The van der Waals surface area contributed by atoms with Crippen LogP contribution in [0.2, 0.25) is 0 Å². The van der Waals surface area contributed by atoms with Crippen molar-refractivity contribution in [3.8, 4) is 5.75 Å². The first-order chi connectivity index (χ1) is 15.4. The summed E-state index contributed by atoms with van der Waals surface area (Å²) in [4.78, 5) is 37.9. The molecule has 0 spiro atoms. The molecule has 7 nitrogen and oxygen atoms in total. The maximum atomic E-state index is 13.1. The SMILES string of the molecule is COc1ccc(C(NC(=O)c2ccccc2)(C(=O)O)C(CC(=O)O)c2ccccc2)cc1. The number of hydrogen-bond acceptors (Lipinski definition) is 4. The Labute approximate surface area is 185 Å². The van der Waals surface area contributed by atoms with Gasteiger partial charge in [0.1, 0.15) is 5.75 Å². The summed E-state index contributed by atoms with van der Waals surface area (Å²) in [5.74, 6) is -3.79. The van der Waals surface area contributed by atoms with Crippen molar-refractivity contribution in [1.82, 2.24) is 5.32 Å². The van der Waals surface area contributed by atoms with Gasteiger partial charge in [-0.15, -0.1) is 0 Å². The minimum Gasteiger partial charge on any atom is -0.497 e. The zero-order valence-corrected chi connectivity index (χ0v) is 17.4. The lowest BCUT2D eigenvalue weighted by Gasteiger charge is -2.38. The summed E-state index contributed by atoms with van der Waals surface area (Å²) < 4.78 is 5.17. The first-order valence-electron chi connectivity index (χ1n) is 9.90. The van der Waals surface area contributed by atoms with E-state index < -0.39 is 35.7 Å². The Morgan fingerprint density at radius 2 is 1.44 bits per heavy atom. The Hall–Kier alpha value is -4.13. The van der Waals surface area contributed by atoms with Crippen molar-refractivity contribution in [3.05, 3.63) is 102 Å². The molecule has 0 aliphatic heterocycles. The summed E-state index contributed by atoms with van der Waals surface area (Å²) in [5, 5.41) is 22.8. The van der Waals surface area contributed by atoms with Crippen LogP contribution in [0.15, 0.2) is 84.9 Å². The number of nitrogens with one attached hydrogen (secondary N) is 1. The van der Waals surface area contributed by atoms with Gasteiger partial charge in [0.25, 0.3) is 5.91 Å². The molecule has 2 atom stereocenters. The van der Waals surface area contributed by atoms with Gasteiger partial charge in [0.2, 0.25) is 0 Å². The molecule has 0 saturated heterocycles. The fourth-order valence-corrected chi connectivity index (χ4v) is 3.76. The normalized spacial score (nSPS) is 13.4. The van der Waals surface area contributed by atoms with E-state index in [-0.39, 0.29) is 11.1 Å². The Bertz CT molecular complexity index is 1080. The zero-order chi connectivity index (χ0) is 23.1. The fourth-order valence-electron chi connectivity index (χ4n) is 3.76. The largest absolute Gasteiger partial charge is 0.497 e. The molecule has 2 unspecified atom stereocenters. The Kier molecular flexibility index (Phi) is 6.90. The van der Waals surface area contributed by atoms with E-state index in [0.717, 1.165) is 0 Å². The van der Waals surface area contributed by atoms with Crippen molar-refractivity contribution in [2.24, 2.45) is 0 Å². The third-order valence-corrected chi connectivity index (χ3v) is 5.33. The van der Waals surface area contributed by atoms with Gasteiger partial charge in [-0.1, -0.05) is 60.7 Å². The number of amides is 1. The van der Waals surface area contributed by atoms with Crippen molar-refractivity contribution in [3.63, 3.8) is 0 Å². The van der Waals surface area contributed by atoms with Gasteiger partial charge in [-0.25, -0.2) is 4.79 Å². The van der Waals surface area contributed by atoms with Crippen LogP contribution in [-0.4, -0.2) is 35.2 Å². The lowest BCUT2D eigenvalue weighted by atomic mass is 9.72. The van der Waals surface area contributed by atoms with Gasteiger partial charge in [0, 0.05) is 11.5 Å². The minimum atomic E-state index is -2.06. The summed E-state index contributed by atoms with van der Waals surface area (Å²) in [5.41, 5.74) is -1.10.